The normalized spacial score (nSPS) is 9.47. The fraction of sp³-hybridized carbons (Fsp3) is 0.333. The van der Waals surface area contributed by atoms with E-state index in [2.05, 4.69) is 6.07 Å². The lowest BCUT2D eigenvalue weighted by Crippen LogP contribution is -2.06. The van der Waals surface area contributed by atoms with Crippen molar-refractivity contribution in [2.45, 2.75) is 11.8 Å². The van der Waals surface area contributed by atoms with Crippen LogP contribution in [-0.4, -0.2) is 25.4 Å². The maximum atomic E-state index is 11.2. The molecule has 0 fully saturated rings. The van der Waals surface area contributed by atoms with Gasteiger partial charge in [-0.15, -0.1) is 11.8 Å². The summed E-state index contributed by atoms with van der Waals surface area (Å²) in [6.45, 7) is 2.12. The van der Waals surface area contributed by atoms with Gasteiger partial charge in [0.2, 0.25) is 0 Å². The summed E-state index contributed by atoms with van der Waals surface area (Å²) in [5.41, 5.74) is 0.528. The molecule has 0 atom stereocenters. The van der Waals surface area contributed by atoms with Crippen LogP contribution in [-0.2, 0) is 9.53 Å². The number of methoxy groups -OCH3 is 1. The lowest BCUT2D eigenvalue weighted by Gasteiger charge is -2.06. The van der Waals surface area contributed by atoms with Gasteiger partial charge in [-0.25, -0.2) is 0 Å². The number of carbonyl (C=O) groups excluding carboxylic acids is 1. The second kappa shape index (κ2) is 6.81. The number of hydrogen-bond acceptors (Lipinski definition) is 5. The molecular weight excluding hydrogens is 238 g/mol. The second-order valence-corrected chi connectivity index (χ2v) is 4.08. The van der Waals surface area contributed by atoms with Gasteiger partial charge in [0.05, 0.1) is 25.0 Å². The third-order valence-electron chi connectivity index (χ3n) is 1.96. The highest BCUT2D eigenvalue weighted by molar-refractivity contribution is 8.00. The van der Waals surface area contributed by atoms with Gasteiger partial charge < -0.3 is 9.47 Å². The van der Waals surface area contributed by atoms with Crippen molar-refractivity contribution in [1.82, 2.24) is 0 Å². The average Bonchev–Trinajstić information content (AvgIpc) is 2.36. The van der Waals surface area contributed by atoms with E-state index in [-0.39, 0.29) is 11.7 Å². The van der Waals surface area contributed by atoms with Gasteiger partial charge in [-0.1, -0.05) is 0 Å². The Morgan fingerprint density at radius 3 is 2.88 bits per heavy atom. The number of hydrogen-bond donors (Lipinski definition) is 0. The molecule has 0 saturated carbocycles. The molecule has 1 rings (SSSR count). The molecule has 0 saturated heterocycles. The lowest BCUT2D eigenvalue weighted by molar-refractivity contribution is -0.139. The van der Waals surface area contributed by atoms with Gasteiger partial charge in [-0.3, -0.25) is 4.79 Å². The van der Waals surface area contributed by atoms with E-state index in [0.29, 0.717) is 17.9 Å². The van der Waals surface area contributed by atoms with Crippen molar-refractivity contribution >= 4 is 17.7 Å². The van der Waals surface area contributed by atoms with Crippen LogP contribution in [0.1, 0.15) is 12.5 Å². The summed E-state index contributed by atoms with van der Waals surface area (Å²) in [5, 5.41) is 8.93. The summed E-state index contributed by atoms with van der Waals surface area (Å²) in [7, 11) is 1.56. The third kappa shape index (κ3) is 4.00. The van der Waals surface area contributed by atoms with E-state index in [1.54, 1.807) is 32.2 Å². The van der Waals surface area contributed by atoms with Crippen LogP contribution in [0.3, 0.4) is 0 Å². The zero-order valence-electron chi connectivity index (χ0n) is 9.73. The number of nitrogens with zero attached hydrogens (tertiary/aromatic N) is 1. The van der Waals surface area contributed by atoms with Crippen LogP contribution in [0.2, 0.25) is 0 Å². The minimum atomic E-state index is -0.288. The highest BCUT2D eigenvalue weighted by Gasteiger charge is 2.08. The van der Waals surface area contributed by atoms with Crippen LogP contribution in [0, 0.1) is 11.3 Å². The minimum Gasteiger partial charge on any atom is -0.497 e. The van der Waals surface area contributed by atoms with Crippen molar-refractivity contribution < 1.29 is 14.3 Å². The van der Waals surface area contributed by atoms with Crippen molar-refractivity contribution in [3.8, 4) is 11.8 Å². The van der Waals surface area contributed by atoms with Crippen molar-refractivity contribution in [2.24, 2.45) is 0 Å². The highest BCUT2D eigenvalue weighted by atomic mass is 32.2. The Labute approximate surface area is 105 Å². The molecule has 0 spiro atoms. The molecule has 0 heterocycles. The third-order valence-corrected chi connectivity index (χ3v) is 2.99. The standard InChI is InChI=1S/C12H13NO3S/c1-3-16-12(14)8-17-11-6-10(15-2)5-4-9(11)7-13/h4-6H,3,8H2,1-2H3. The first-order valence-corrected chi connectivity index (χ1v) is 6.06. The molecule has 17 heavy (non-hydrogen) atoms. The largest absolute Gasteiger partial charge is 0.497 e. The number of benzene rings is 1. The number of esters is 1. The predicted octanol–water partition coefficient (Wildman–Crippen LogP) is 2.22. The Hall–Kier alpha value is -1.67. The smallest absolute Gasteiger partial charge is 0.316 e. The molecule has 0 radical (unpaired) electrons. The SMILES string of the molecule is CCOC(=O)CSc1cc(OC)ccc1C#N. The van der Waals surface area contributed by atoms with Crippen molar-refractivity contribution in [1.29, 1.82) is 5.26 Å². The number of thioether (sulfide) groups is 1. The van der Waals surface area contributed by atoms with Gasteiger partial charge in [-0.2, -0.15) is 5.26 Å². The first kappa shape index (κ1) is 13.4. The number of rotatable bonds is 5. The Balaban J connectivity index is 2.75. The van der Waals surface area contributed by atoms with Crippen molar-refractivity contribution in [2.75, 3.05) is 19.5 Å². The van der Waals surface area contributed by atoms with Crippen LogP contribution >= 0.6 is 11.8 Å². The fourth-order valence-electron chi connectivity index (χ4n) is 1.18. The summed E-state index contributed by atoms with van der Waals surface area (Å²) >= 11 is 1.27. The maximum Gasteiger partial charge on any atom is 0.316 e. The fourth-order valence-corrected chi connectivity index (χ4v) is 2.01. The van der Waals surface area contributed by atoms with E-state index >= 15 is 0 Å². The van der Waals surface area contributed by atoms with Crippen LogP contribution in [0.25, 0.3) is 0 Å². The second-order valence-electron chi connectivity index (χ2n) is 3.07. The van der Waals surface area contributed by atoms with Gasteiger partial charge in [0.15, 0.2) is 0 Å². The monoisotopic (exact) mass is 251 g/mol. The van der Waals surface area contributed by atoms with Gasteiger partial charge in [-0.05, 0) is 25.1 Å². The molecule has 0 aliphatic heterocycles. The van der Waals surface area contributed by atoms with E-state index in [4.69, 9.17) is 14.7 Å². The maximum absolute atomic E-state index is 11.2. The number of carbonyl (C=O) groups is 1. The predicted molar refractivity (Wildman–Crippen MR) is 65.1 cm³/mol. The minimum absolute atomic E-state index is 0.190. The molecule has 0 bridgehead atoms. The Kier molecular flexibility index (Phi) is 5.37. The van der Waals surface area contributed by atoms with E-state index < -0.39 is 0 Å². The number of nitriles is 1. The average molecular weight is 251 g/mol. The Morgan fingerprint density at radius 1 is 1.53 bits per heavy atom. The molecule has 1 aromatic carbocycles. The zero-order valence-corrected chi connectivity index (χ0v) is 10.5. The zero-order chi connectivity index (χ0) is 12.7. The van der Waals surface area contributed by atoms with Gasteiger partial charge in [0.1, 0.15) is 11.8 Å². The lowest BCUT2D eigenvalue weighted by atomic mass is 10.2. The van der Waals surface area contributed by atoms with Crippen LogP contribution < -0.4 is 4.74 Å². The summed E-state index contributed by atoms with van der Waals surface area (Å²) in [5.74, 6) is 0.565. The van der Waals surface area contributed by atoms with E-state index in [1.807, 2.05) is 0 Å². The van der Waals surface area contributed by atoms with Crippen molar-refractivity contribution in [3.05, 3.63) is 23.8 Å². The quantitative estimate of drug-likeness (QED) is 0.593. The molecule has 1 aromatic rings. The van der Waals surface area contributed by atoms with E-state index in [0.717, 1.165) is 4.90 Å². The van der Waals surface area contributed by atoms with Gasteiger partial charge in [0.25, 0.3) is 0 Å². The summed E-state index contributed by atoms with van der Waals surface area (Å²) in [6, 6.07) is 7.20. The summed E-state index contributed by atoms with van der Waals surface area (Å²) < 4.78 is 9.89. The Bertz CT molecular complexity index is 440. The molecule has 0 aromatic heterocycles. The molecule has 0 N–H and O–H groups in total. The topological polar surface area (TPSA) is 59.3 Å². The van der Waals surface area contributed by atoms with Gasteiger partial charge >= 0.3 is 5.97 Å². The van der Waals surface area contributed by atoms with Crippen LogP contribution in [0.4, 0.5) is 0 Å². The van der Waals surface area contributed by atoms with Crippen molar-refractivity contribution in [3.63, 3.8) is 0 Å². The molecule has 4 nitrogen and oxygen atoms in total. The highest BCUT2D eigenvalue weighted by Crippen LogP contribution is 2.26. The Morgan fingerprint density at radius 2 is 2.29 bits per heavy atom. The van der Waals surface area contributed by atoms with E-state index in [1.165, 1.54) is 11.8 Å². The summed E-state index contributed by atoms with van der Waals surface area (Å²) in [6.07, 6.45) is 0. The van der Waals surface area contributed by atoms with Crippen LogP contribution in [0.5, 0.6) is 5.75 Å². The number of ether oxygens (including phenoxy) is 2. The molecule has 0 aliphatic carbocycles. The first-order chi connectivity index (χ1) is 8.21. The summed E-state index contributed by atoms with van der Waals surface area (Å²) in [4.78, 5) is 11.9. The first-order valence-electron chi connectivity index (χ1n) is 5.07. The molecule has 0 aliphatic rings. The van der Waals surface area contributed by atoms with Gasteiger partial charge in [0, 0.05) is 4.90 Å². The van der Waals surface area contributed by atoms with E-state index in [9.17, 15) is 4.79 Å². The molecular formula is C12H13NO3S. The molecule has 0 unspecified atom stereocenters. The van der Waals surface area contributed by atoms with Crippen LogP contribution in [0.15, 0.2) is 23.1 Å². The molecule has 0 amide bonds. The molecule has 90 valence electrons. The molecule has 5 heteroatoms.